The van der Waals surface area contributed by atoms with Crippen LogP contribution in [0, 0.1) is 11.8 Å². The second-order valence-electron chi connectivity index (χ2n) is 9.50. The monoisotopic (exact) mass is 411 g/mol. The molecule has 0 bridgehead atoms. The maximum atomic E-state index is 4.78. The first-order valence-corrected chi connectivity index (χ1v) is 12.3. The van der Waals surface area contributed by atoms with Crippen molar-refractivity contribution in [1.29, 1.82) is 0 Å². The van der Waals surface area contributed by atoms with Crippen LogP contribution in [0.4, 0.5) is 0 Å². The first-order valence-electron chi connectivity index (χ1n) is 12.3. The van der Waals surface area contributed by atoms with Gasteiger partial charge in [0, 0.05) is 18.3 Å². The Morgan fingerprint density at radius 1 is 0.613 bits per heavy atom. The lowest BCUT2D eigenvalue weighted by Crippen LogP contribution is -2.15. The van der Waals surface area contributed by atoms with Crippen molar-refractivity contribution in [2.45, 2.75) is 71.6 Å². The largest absolute Gasteiger partial charge is 0.261 e. The van der Waals surface area contributed by atoms with E-state index in [1.807, 2.05) is 0 Å². The van der Waals surface area contributed by atoms with Crippen molar-refractivity contribution in [2.24, 2.45) is 11.8 Å². The van der Waals surface area contributed by atoms with Gasteiger partial charge in [0.25, 0.3) is 0 Å². The smallest absolute Gasteiger partial charge is 0.0447 e. The molecule has 162 valence electrons. The summed E-state index contributed by atoms with van der Waals surface area (Å²) in [5, 5.41) is 0. The van der Waals surface area contributed by atoms with E-state index in [1.54, 1.807) is 0 Å². The maximum absolute atomic E-state index is 4.78. The summed E-state index contributed by atoms with van der Waals surface area (Å²) in [5.74, 6) is 1.84. The van der Waals surface area contributed by atoms with Crippen molar-refractivity contribution in [3.63, 3.8) is 0 Å². The quantitative estimate of drug-likeness (QED) is 0.372. The van der Waals surface area contributed by atoms with Crippen molar-refractivity contribution in [3.05, 3.63) is 100 Å². The summed E-state index contributed by atoms with van der Waals surface area (Å²) >= 11 is 0. The van der Waals surface area contributed by atoms with Gasteiger partial charge >= 0.3 is 0 Å². The van der Waals surface area contributed by atoms with Gasteiger partial charge in [-0.1, -0.05) is 87.7 Å². The molecule has 1 heterocycles. The Kier molecular flexibility index (Phi) is 7.57. The van der Waals surface area contributed by atoms with Crippen molar-refractivity contribution in [1.82, 2.24) is 4.98 Å². The minimum Gasteiger partial charge on any atom is -0.261 e. The predicted molar refractivity (Wildman–Crippen MR) is 132 cm³/mol. The molecular formula is C30H37N. The van der Waals surface area contributed by atoms with E-state index in [1.165, 1.54) is 72.0 Å². The zero-order chi connectivity index (χ0) is 21.5. The number of hydrogen-bond acceptors (Lipinski definition) is 1. The fourth-order valence-corrected chi connectivity index (χ4v) is 4.97. The average molecular weight is 412 g/mol. The molecule has 0 aliphatic heterocycles. The van der Waals surface area contributed by atoms with Crippen LogP contribution in [-0.2, 0) is 25.7 Å². The predicted octanol–water partition coefficient (Wildman–Crippen LogP) is 7.58. The highest BCUT2D eigenvalue weighted by Crippen LogP contribution is 2.32. The van der Waals surface area contributed by atoms with Gasteiger partial charge in [-0.05, 0) is 77.8 Å². The summed E-state index contributed by atoms with van der Waals surface area (Å²) in [4.78, 5) is 4.78. The molecule has 1 heteroatoms. The van der Waals surface area contributed by atoms with Gasteiger partial charge in [0.2, 0.25) is 0 Å². The highest BCUT2D eigenvalue weighted by Gasteiger charge is 2.20. The Hall–Kier alpha value is -2.41. The van der Waals surface area contributed by atoms with Gasteiger partial charge in [-0.25, -0.2) is 0 Å². The minimum absolute atomic E-state index is 0.862. The Labute approximate surface area is 189 Å². The summed E-state index contributed by atoms with van der Waals surface area (Å²) in [5.41, 5.74) is 8.07. The van der Waals surface area contributed by atoms with Crippen LogP contribution in [-0.4, -0.2) is 4.98 Å². The van der Waals surface area contributed by atoms with Crippen LogP contribution in [0.1, 0.15) is 79.5 Å². The molecule has 1 fully saturated rings. The van der Waals surface area contributed by atoms with Gasteiger partial charge < -0.3 is 0 Å². The van der Waals surface area contributed by atoms with Crippen molar-refractivity contribution in [2.75, 3.05) is 0 Å². The molecule has 31 heavy (non-hydrogen) atoms. The first kappa shape index (κ1) is 21.8. The summed E-state index contributed by atoms with van der Waals surface area (Å²) in [7, 11) is 0. The Bertz CT molecular complexity index is 914. The van der Waals surface area contributed by atoms with Gasteiger partial charge in [-0.15, -0.1) is 0 Å². The summed E-state index contributed by atoms with van der Waals surface area (Å²) in [6.07, 6.45) is 13.3. The molecule has 1 aliphatic carbocycles. The third kappa shape index (κ3) is 6.29. The first-order chi connectivity index (χ1) is 15.2. The van der Waals surface area contributed by atoms with Crippen LogP contribution in [0.5, 0.6) is 0 Å². The summed E-state index contributed by atoms with van der Waals surface area (Å²) in [6, 6.07) is 22.6. The van der Waals surface area contributed by atoms with Crippen LogP contribution in [0.15, 0.2) is 66.9 Å². The fraction of sp³-hybridized carbons (Fsp3) is 0.433. The molecule has 0 spiro atoms. The van der Waals surface area contributed by atoms with Crippen LogP contribution >= 0.6 is 0 Å². The molecule has 1 aromatic heterocycles. The van der Waals surface area contributed by atoms with Crippen molar-refractivity contribution in [3.8, 4) is 0 Å². The molecule has 0 unspecified atom stereocenters. The molecule has 0 N–H and O–H groups in total. The molecule has 1 aliphatic rings. The fourth-order valence-electron chi connectivity index (χ4n) is 4.97. The molecule has 0 radical (unpaired) electrons. The molecule has 3 aromatic rings. The maximum Gasteiger partial charge on any atom is 0.0447 e. The standard InChI is InChI=1S/C30H37N/c1-3-23-5-9-25(10-6-23)19-26-13-15-28(16-14-26)21-30-18-17-29(22-31-30)20-27-11-7-24(4-2)8-12-27/h5-6,9-10,13-18,22,24,27H,3-4,7-8,11-12,19-21H2,1-2H3. The highest BCUT2D eigenvalue weighted by molar-refractivity contribution is 5.32. The third-order valence-corrected chi connectivity index (χ3v) is 7.20. The summed E-state index contributed by atoms with van der Waals surface area (Å²) in [6.45, 7) is 4.54. The highest BCUT2D eigenvalue weighted by atomic mass is 14.7. The number of nitrogens with zero attached hydrogens (tertiary/aromatic N) is 1. The minimum atomic E-state index is 0.862. The lowest BCUT2D eigenvalue weighted by Gasteiger charge is -2.27. The van der Waals surface area contributed by atoms with E-state index in [0.717, 1.165) is 31.1 Å². The molecule has 0 amide bonds. The zero-order valence-corrected chi connectivity index (χ0v) is 19.3. The van der Waals surface area contributed by atoms with Crippen LogP contribution in [0.25, 0.3) is 0 Å². The molecule has 4 rings (SSSR count). The molecule has 1 nitrogen and oxygen atoms in total. The lowest BCUT2D eigenvalue weighted by molar-refractivity contribution is 0.268. The second-order valence-corrected chi connectivity index (χ2v) is 9.50. The SMILES string of the molecule is CCc1ccc(Cc2ccc(Cc3ccc(CC4CCC(CC)CC4)cn3)cc2)cc1. The molecule has 1 saturated carbocycles. The number of pyridine rings is 1. The lowest BCUT2D eigenvalue weighted by atomic mass is 9.78. The van der Waals surface area contributed by atoms with E-state index in [4.69, 9.17) is 4.98 Å². The number of rotatable bonds is 8. The normalized spacial score (nSPS) is 18.8. The molecule has 0 saturated heterocycles. The Balaban J connectivity index is 1.28. The molecular weight excluding hydrogens is 374 g/mol. The van der Waals surface area contributed by atoms with E-state index in [2.05, 4.69) is 80.7 Å². The topological polar surface area (TPSA) is 12.9 Å². The Morgan fingerprint density at radius 2 is 1.13 bits per heavy atom. The van der Waals surface area contributed by atoms with Crippen molar-refractivity contribution >= 4 is 0 Å². The van der Waals surface area contributed by atoms with Crippen LogP contribution in [0.3, 0.4) is 0 Å². The van der Waals surface area contributed by atoms with Crippen molar-refractivity contribution < 1.29 is 0 Å². The molecule has 2 aromatic carbocycles. The number of hydrogen-bond donors (Lipinski definition) is 0. The van der Waals surface area contributed by atoms with Crippen LogP contribution < -0.4 is 0 Å². The van der Waals surface area contributed by atoms with E-state index in [9.17, 15) is 0 Å². The average Bonchev–Trinajstić information content (AvgIpc) is 2.82. The van der Waals surface area contributed by atoms with E-state index in [0.29, 0.717) is 0 Å². The van der Waals surface area contributed by atoms with E-state index >= 15 is 0 Å². The number of benzene rings is 2. The van der Waals surface area contributed by atoms with Crippen LogP contribution in [0.2, 0.25) is 0 Å². The summed E-state index contributed by atoms with van der Waals surface area (Å²) < 4.78 is 0. The van der Waals surface area contributed by atoms with E-state index in [-0.39, 0.29) is 0 Å². The Morgan fingerprint density at radius 3 is 1.65 bits per heavy atom. The van der Waals surface area contributed by atoms with Gasteiger partial charge in [0.1, 0.15) is 0 Å². The van der Waals surface area contributed by atoms with Gasteiger partial charge in [0.15, 0.2) is 0 Å². The number of aromatic nitrogens is 1. The third-order valence-electron chi connectivity index (χ3n) is 7.20. The molecule has 0 atom stereocenters. The van der Waals surface area contributed by atoms with Gasteiger partial charge in [0.05, 0.1) is 0 Å². The van der Waals surface area contributed by atoms with Gasteiger partial charge in [-0.3, -0.25) is 4.98 Å². The van der Waals surface area contributed by atoms with Gasteiger partial charge in [-0.2, -0.15) is 0 Å². The zero-order valence-electron chi connectivity index (χ0n) is 19.3. The van der Waals surface area contributed by atoms with E-state index < -0.39 is 0 Å². The number of aryl methyl sites for hydroxylation is 1. The second kappa shape index (κ2) is 10.8.